The monoisotopic (exact) mass is 355 g/mol. The van der Waals surface area contributed by atoms with Crippen LogP contribution in [-0.2, 0) is 11.0 Å². The average molecular weight is 355 g/mol. The van der Waals surface area contributed by atoms with Crippen LogP contribution in [0.15, 0.2) is 36.5 Å². The van der Waals surface area contributed by atoms with Crippen LogP contribution in [0.4, 0.5) is 13.2 Å². The van der Waals surface area contributed by atoms with Gasteiger partial charge in [0.05, 0.1) is 5.69 Å². The predicted octanol–water partition coefficient (Wildman–Crippen LogP) is 2.87. The zero-order valence-electron chi connectivity index (χ0n) is 13.2. The Hall–Kier alpha value is -2.84. The van der Waals surface area contributed by atoms with Crippen LogP contribution in [0.5, 0.6) is 0 Å². The third kappa shape index (κ3) is 5.07. The maximum Gasteiger partial charge on any atom is 0.435 e. The number of alkyl halides is 3. The van der Waals surface area contributed by atoms with E-state index in [2.05, 4.69) is 10.4 Å². The van der Waals surface area contributed by atoms with E-state index >= 15 is 0 Å². The van der Waals surface area contributed by atoms with E-state index in [4.69, 9.17) is 5.11 Å². The SMILES string of the molecule is CC(CCC(=O)O)NC(=O)c1cccc(-n2ccc(C(F)(F)F)n2)c1. The molecule has 0 spiro atoms. The highest BCUT2D eigenvalue weighted by Crippen LogP contribution is 2.27. The number of amides is 1. The van der Waals surface area contributed by atoms with Gasteiger partial charge in [-0.1, -0.05) is 6.07 Å². The molecule has 1 aromatic carbocycles. The second-order valence-electron chi connectivity index (χ2n) is 5.50. The van der Waals surface area contributed by atoms with Crippen molar-refractivity contribution in [1.29, 1.82) is 0 Å². The van der Waals surface area contributed by atoms with E-state index in [0.717, 1.165) is 16.9 Å². The van der Waals surface area contributed by atoms with Gasteiger partial charge in [0.2, 0.25) is 0 Å². The van der Waals surface area contributed by atoms with Gasteiger partial charge in [0.25, 0.3) is 5.91 Å². The lowest BCUT2D eigenvalue weighted by Gasteiger charge is -2.13. The topological polar surface area (TPSA) is 84.2 Å². The van der Waals surface area contributed by atoms with E-state index < -0.39 is 23.7 Å². The van der Waals surface area contributed by atoms with Gasteiger partial charge in [0.1, 0.15) is 0 Å². The van der Waals surface area contributed by atoms with E-state index in [-0.39, 0.29) is 24.4 Å². The number of hydrogen-bond acceptors (Lipinski definition) is 3. The molecule has 0 saturated carbocycles. The third-order valence-corrected chi connectivity index (χ3v) is 3.42. The van der Waals surface area contributed by atoms with Crippen molar-refractivity contribution in [2.24, 2.45) is 0 Å². The summed E-state index contributed by atoms with van der Waals surface area (Å²) in [6.07, 6.45) is -3.18. The van der Waals surface area contributed by atoms with Gasteiger partial charge in [-0.2, -0.15) is 18.3 Å². The number of carbonyl (C=O) groups is 2. The first-order valence-electron chi connectivity index (χ1n) is 7.43. The van der Waals surface area contributed by atoms with E-state index in [1.54, 1.807) is 6.92 Å². The van der Waals surface area contributed by atoms with Crippen molar-refractivity contribution in [3.63, 3.8) is 0 Å². The van der Waals surface area contributed by atoms with Crippen molar-refractivity contribution in [2.45, 2.75) is 32.0 Å². The van der Waals surface area contributed by atoms with Crippen molar-refractivity contribution in [1.82, 2.24) is 15.1 Å². The van der Waals surface area contributed by atoms with Gasteiger partial charge in [-0.05, 0) is 37.6 Å². The molecule has 25 heavy (non-hydrogen) atoms. The lowest BCUT2D eigenvalue weighted by Crippen LogP contribution is -2.33. The molecule has 1 unspecified atom stereocenters. The van der Waals surface area contributed by atoms with Gasteiger partial charge < -0.3 is 10.4 Å². The Balaban J connectivity index is 2.11. The van der Waals surface area contributed by atoms with Crippen LogP contribution in [0.3, 0.4) is 0 Å². The van der Waals surface area contributed by atoms with Crippen molar-refractivity contribution < 1.29 is 27.9 Å². The molecule has 0 aliphatic carbocycles. The Morgan fingerprint density at radius 1 is 1.32 bits per heavy atom. The number of nitrogens with zero attached hydrogens (tertiary/aromatic N) is 2. The highest BCUT2D eigenvalue weighted by atomic mass is 19.4. The van der Waals surface area contributed by atoms with Crippen molar-refractivity contribution >= 4 is 11.9 Å². The fraction of sp³-hybridized carbons (Fsp3) is 0.312. The molecule has 1 heterocycles. The molecule has 0 saturated heterocycles. The minimum absolute atomic E-state index is 0.0744. The highest BCUT2D eigenvalue weighted by molar-refractivity contribution is 5.94. The summed E-state index contributed by atoms with van der Waals surface area (Å²) in [7, 11) is 0. The molecule has 2 rings (SSSR count). The normalized spacial score (nSPS) is 12.6. The van der Waals surface area contributed by atoms with Crippen LogP contribution in [0.25, 0.3) is 5.69 Å². The van der Waals surface area contributed by atoms with Crippen LogP contribution in [0.1, 0.15) is 35.8 Å². The number of rotatable bonds is 6. The number of benzene rings is 1. The summed E-state index contributed by atoms with van der Waals surface area (Å²) in [6, 6.07) is 6.47. The first kappa shape index (κ1) is 18.5. The van der Waals surface area contributed by atoms with Gasteiger partial charge >= 0.3 is 12.1 Å². The minimum atomic E-state index is -4.54. The zero-order chi connectivity index (χ0) is 18.6. The van der Waals surface area contributed by atoms with Crippen molar-refractivity contribution in [3.8, 4) is 5.69 Å². The second kappa shape index (κ2) is 7.37. The molecule has 0 bridgehead atoms. The molecule has 0 aliphatic heterocycles. The summed E-state index contributed by atoms with van der Waals surface area (Å²) in [4.78, 5) is 22.7. The largest absolute Gasteiger partial charge is 0.481 e. The molecule has 9 heteroatoms. The average Bonchev–Trinajstić information content (AvgIpc) is 3.03. The quantitative estimate of drug-likeness (QED) is 0.835. The minimum Gasteiger partial charge on any atom is -0.481 e. The lowest BCUT2D eigenvalue weighted by molar-refractivity contribution is -0.141. The summed E-state index contributed by atoms with van der Waals surface area (Å²) in [5.74, 6) is -1.40. The van der Waals surface area contributed by atoms with Gasteiger partial charge in [-0.15, -0.1) is 0 Å². The smallest absolute Gasteiger partial charge is 0.435 e. The number of halogens is 3. The molecule has 1 aromatic heterocycles. The van der Waals surface area contributed by atoms with Crippen LogP contribution in [0, 0.1) is 0 Å². The predicted molar refractivity (Wildman–Crippen MR) is 82.4 cm³/mol. The fourth-order valence-electron chi connectivity index (χ4n) is 2.13. The van der Waals surface area contributed by atoms with Gasteiger partial charge in [-0.25, -0.2) is 4.68 Å². The Labute approximate surface area is 141 Å². The van der Waals surface area contributed by atoms with E-state index in [1.807, 2.05) is 0 Å². The van der Waals surface area contributed by atoms with Crippen molar-refractivity contribution in [3.05, 3.63) is 47.8 Å². The Kier molecular flexibility index (Phi) is 5.45. The first-order valence-corrected chi connectivity index (χ1v) is 7.43. The maximum atomic E-state index is 12.6. The third-order valence-electron chi connectivity index (χ3n) is 3.42. The molecular weight excluding hydrogens is 339 g/mol. The van der Waals surface area contributed by atoms with Gasteiger partial charge in [0.15, 0.2) is 5.69 Å². The molecule has 2 N–H and O–H groups in total. The van der Waals surface area contributed by atoms with Gasteiger partial charge in [-0.3, -0.25) is 9.59 Å². The number of hydrogen-bond donors (Lipinski definition) is 2. The van der Waals surface area contributed by atoms with E-state index in [9.17, 15) is 22.8 Å². The standard InChI is InChI=1S/C16H16F3N3O3/c1-10(5-6-14(23)24)20-15(25)11-3-2-4-12(9-11)22-8-7-13(21-22)16(17,18)19/h2-4,7-10H,5-6H2,1H3,(H,20,25)(H,23,24). The molecule has 1 amide bonds. The van der Waals surface area contributed by atoms with E-state index in [0.29, 0.717) is 5.69 Å². The number of carboxylic acids is 1. The lowest BCUT2D eigenvalue weighted by atomic mass is 10.1. The summed E-state index contributed by atoms with van der Waals surface area (Å²) in [5.41, 5.74) is -0.477. The molecular formula is C16H16F3N3O3. The number of aromatic nitrogens is 2. The second-order valence-corrected chi connectivity index (χ2v) is 5.50. The highest BCUT2D eigenvalue weighted by Gasteiger charge is 2.33. The van der Waals surface area contributed by atoms with Crippen molar-refractivity contribution in [2.75, 3.05) is 0 Å². The maximum absolute atomic E-state index is 12.6. The summed E-state index contributed by atoms with van der Waals surface area (Å²) in [6.45, 7) is 1.67. The number of nitrogens with one attached hydrogen (secondary N) is 1. The molecule has 6 nitrogen and oxygen atoms in total. The van der Waals surface area contributed by atoms with E-state index in [1.165, 1.54) is 24.3 Å². The van der Waals surface area contributed by atoms with Crippen LogP contribution in [-0.4, -0.2) is 32.8 Å². The molecule has 0 radical (unpaired) electrons. The van der Waals surface area contributed by atoms with Crippen LogP contribution < -0.4 is 5.32 Å². The van der Waals surface area contributed by atoms with Crippen LogP contribution >= 0.6 is 0 Å². The molecule has 2 aromatic rings. The summed E-state index contributed by atoms with van der Waals surface area (Å²) >= 11 is 0. The first-order chi connectivity index (χ1) is 11.7. The Morgan fingerprint density at radius 3 is 2.64 bits per heavy atom. The summed E-state index contributed by atoms with van der Waals surface area (Å²) in [5, 5.41) is 14.7. The molecule has 0 fully saturated rings. The molecule has 134 valence electrons. The number of carbonyl (C=O) groups excluding carboxylic acids is 1. The number of aliphatic carboxylic acids is 1. The Morgan fingerprint density at radius 2 is 2.04 bits per heavy atom. The van der Waals surface area contributed by atoms with Crippen LogP contribution in [0.2, 0.25) is 0 Å². The number of carboxylic acid groups (broad SMARTS) is 1. The molecule has 1 atom stereocenters. The Bertz CT molecular complexity index is 771. The van der Waals surface area contributed by atoms with Gasteiger partial charge in [0, 0.05) is 24.2 Å². The fourth-order valence-corrected chi connectivity index (χ4v) is 2.13. The summed E-state index contributed by atoms with van der Waals surface area (Å²) < 4.78 is 38.9. The zero-order valence-corrected chi connectivity index (χ0v) is 13.2. The molecule has 0 aliphatic rings.